The summed E-state index contributed by atoms with van der Waals surface area (Å²) in [7, 11) is 2.26. The number of hydrogen-bond donors (Lipinski definition) is 1. The minimum absolute atomic E-state index is 0.480. The molecule has 3 atom stereocenters. The van der Waals surface area contributed by atoms with Crippen LogP contribution in [0, 0.1) is 0 Å². The third kappa shape index (κ3) is 2.36. The van der Waals surface area contributed by atoms with Crippen LogP contribution < -0.4 is 5.32 Å². The fourth-order valence-electron chi connectivity index (χ4n) is 3.88. The lowest BCUT2D eigenvalue weighted by atomic mass is 9.98. The van der Waals surface area contributed by atoms with Crippen molar-refractivity contribution in [3.05, 3.63) is 29.5 Å². The number of piperidine rings is 1. The van der Waals surface area contributed by atoms with Gasteiger partial charge in [-0.2, -0.15) is 0 Å². The van der Waals surface area contributed by atoms with Crippen LogP contribution in [0.15, 0.2) is 24.4 Å². The SMILES string of the molecule is CN1[C@@H]2CC[C@H]1CC(Nc1nc(Cl)cc3ncccc13)C2. The molecule has 2 fully saturated rings. The monoisotopic (exact) mass is 302 g/mol. The second-order valence-electron chi connectivity index (χ2n) is 6.23. The molecule has 0 spiro atoms. The summed E-state index contributed by atoms with van der Waals surface area (Å²) >= 11 is 6.14. The van der Waals surface area contributed by atoms with Crippen LogP contribution in [0.25, 0.3) is 10.9 Å². The Bertz CT molecular complexity index is 660. The Hall–Kier alpha value is -1.39. The molecule has 2 aromatic rings. The van der Waals surface area contributed by atoms with E-state index in [9.17, 15) is 0 Å². The number of aromatic nitrogens is 2. The van der Waals surface area contributed by atoms with E-state index in [1.165, 1.54) is 25.7 Å². The molecule has 2 bridgehead atoms. The number of rotatable bonds is 2. The normalized spacial score (nSPS) is 29.0. The topological polar surface area (TPSA) is 41.0 Å². The van der Waals surface area contributed by atoms with Gasteiger partial charge in [0.2, 0.25) is 0 Å². The molecular weight excluding hydrogens is 284 g/mol. The summed E-state index contributed by atoms with van der Waals surface area (Å²) in [4.78, 5) is 11.4. The van der Waals surface area contributed by atoms with Crippen molar-refractivity contribution in [3.63, 3.8) is 0 Å². The van der Waals surface area contributed by atoms with Crippen LogP contribution in [0.3, 0.4) is 0 Å². The van der Waals surface area contributed by atoms with Gasteiger partial charge in [-0.1, -0.05) is 11.6 Å². The van der Waals surface area contributed by atoms with E-state index in [0.29, 0.717) is 23.3 Å². The number of anilines is 1. The van der Waals surface area contributed by atoms with Crippen LogP contribution in [-0.2, 0) is 0 Å². The number of pyridine rings is 2. The lowest BCUT2D eigenvalue weighted by Gasteiger charge is -2.36. The predicted molar refractivity (Wildman–Crippen MR) is 85.8 cm³/mol. The van der Waals surface area contributed by atoms with Gasteiger partial charge in [0, 0.05) is 35.8 Å². The van der Waals surface area contributed by atoms with Crippen LogP contribution in [-0.4, -0.2) is 40.0 Å². The van der Waals surface area contributed by atoms with E-state index in [1.54, 1.807) is 6.20 Å². The molecule has 21 heavy (non-hydrogen) atoms. The highest BCUT2D eigenvalue weighted by molar-refractivity contribution is 6.30. The molecule has 4 heterocycles. The summed E-state index contributed by atoms with van der Waals surface area (Å²) in [5.74, 6) is 0.875. The first-order valence-electron chi connectivity index (χ1n) is 7.60. The first kappa shape index (κ1) is 13.3. The molecule has 2 saturated heterocycles. The van der Waals surface area contributed by atoms with E-state index < -0.39 is 0 Å². The lowest BCUT2D eigenvalue weighted by Crippen LogP contribution is -2.44. The highest BCUT2D eigenvalue weighted by Crippen LogP contribution is 2.36. The zero-order valence-corrected chi connectivity index (χ0v) is 12.8. The molecule has 0 saturated carbocycles. The van der Waals surface area contributed by atoms with Gasteiger partial charge in [-0.15, -0.1) is 0 Å². The van der Waals surface area contributed by atoms with Gasteiger partial charge < -0.3 is 10.2 Å². The van der Waals surface area contributed by atoms with E-state index in [-0.39, 0.29) is 0 Å². The van der Waals surface area contributed by atoms with Crippen molar-refractivity contribution in [3.8, 4) is 0 Å². The van der Waals surface area contributed by atoms with E-state index in [0.717, 1.165) is 16.7 Å². The van der Waals surface area contributed by atoms with E-state index in [1.807, 2.05) is 12.1 Å². The Balaban J connectivity index is 1.63. The van der Waals surface area contributed by atoms with E-state index in [4.69, 9.17) is 11.6 Å². The first-order chi connectivity index (χ1) is 10.2. The van der Waals surface area contributed by atoms with Gasteiger partial charge >= 0.3 is 0 Å². The average Bonchev–Trinajstić information content (AvgIpc) is 2.70. The molecular formula is C16H19ClN4. The highest BCUT2D eigenvalue weighted by Gasteiger charge is 2.38. The van der Waals surface area contributed by atoms with Crippen LogP contribution >= 0.6 is 11.6 Å². The van der Waals surface area contributed by atoms with Gasteiger partial charge in [-0.05, 0) is 44.9 Å². The van der Waals surface area contributed by atoms with Gasteiger partial charge in [-0.3, -0.25) is 4.98 Å². The molecule has 1 unspecified atom stereocenters. The van der Waals surface area contributed by atoms with Crippen molar-refractivity contribution in [2.75, 3.05) is 12.4 Å². The molecule has 4 nitrogen and oxygen atoms in total. The lowest BCUT2D eigenvalue weighted by molar-refractivity contribution is 0.169. The third-order valence-electron chi connectivity index (χ3n) is 5.01. The summed E-state index contributed by atoms with van der Waals surface area (Å²) < 4.78 is 0. The molecule has 1 N–H and O–H groups in total. The molecule has 2 aliphatic rings. The molecule has 4 rings (SSSR count). The van der Waals surface area contributed by atoms with Crippen molar-refractivity contribution < 1.29 is 0 Å². The minimum atomic E-state index is 0.480. The molecule has 0 aromatic carbocycles. The second kappa shape index (κ2) is 5.11. The van der Waals surface area contributed by atoms with Gasteiger partial charge in [0.1, 0.15) is 11.0 Å². The smallest absolute Gasteiger partial charge is 0.137 e. The summed E-state index contributed by atoms with van der Waals surface area (Å²) in [6.07, 6.45) is 6.80. The number of nitrogens with one attached hydrogen (secondary N) is 1. The van der Waals surface area contributed by atoms with Gasteiger partial charge in [-0.25, -0.2) is 4.98 Å². The largest absolute Gasteiger partial charge is 0.367 e. The number of hydrogen-bond acceptors (Lipinski definition) is 4. The zero-order valence-electron chi connectivity index (χ0n) is 12.1. The van der Waals surface area contributed by atoms with E-state index in [2.05, 4.69) is 33.3 Å². The van der Waals surface area contributed by atoms with Crippen LogP contribution in [0.2, 0.25) is 5.15 Å². The number of nitrogens with zero attached hydrogens (tertiary/aromatic N) is 3. The van der Waals surface area contributed by atoms with Crippen molar-refractivity contribution >= 4 is 28.3 Å². The van der Waals surface area contributed by atoms with Crippen LogP contribution in [0.5, 0.6) is 0 Å². The maximum atomic E-state index is 6.14. The third-order valence-corrected chi connectivity index (χ3v) is 5.20. The molecule has 0 radical (unpaired) electrons. The average molecular weight is 303 g/mol. The summed E-state index contributed by atoms with van der Waals surface area (Å²) in [6.45, 7) is 0. The molecule has 5 heteroatoms. The Kier molecular flexibility index (Phi) is 3.23. The second-order valence-corrected chi connectivity index (χ2v) is 6.61. The summed E-state index contributed by atoms with van der Waals surface area (Å²) in [6, 6.07) is 7.72. The van der Waals surface area contributed by atoms with Crippen LogP contribution in [0.1, 0.15) is 25.7 Å². The summed E-state index contributed by atoms with van der Waals surface area (Å²) in [5, 5.41) is 5.17. The Morgan fingerprint density at radius 2 is 2.05 bits per heavy atom. The fraction of sp³-hybridized carbons (Fsp3) is 0.500. The Labute approximate surface area is 129 Å². The number of halogens is 1. The number of fused-ring (bicyclic) bond motifs is 3. The van der Waals surface area contributed by atoms with Crippen molar-refractivity contribution in [1.82, 2.24) is 14.9 Å². The molecule has 2 aliphatic heterocycles. The van der Waals surface area contributed by atoms with Gasteiger partial charge in [0.25, 0.3) is 0 Å². The Morgan fingerprint density at radius 1 is 1.29 bits per heavy atom. The maximum Gasteiger partial charge on any atom is 0.137 e. The fourth-order valence-corrected chi connectivity index (χ4v) is 4.07. The van der Waals surface area contributed by atoms with Crippen LogP contribution in [0.4, 0.5) is 5.82 Å². The highest BCUT2D eigenvalue weighted by atomic mass is 35.5. The standard InChI is InChI=1S/C16H19ClN4/c1-21-11-4-5-12(21)8-10(7-11)19-16-13-3-2-6-18-14(13)9-15(17)20-16/h2-3,6,9-12H,4-5,7-8H2,1H3,(H,19,20)/t10?,11-,12+. The molecule has 0 aliphatic carbocycles. The first-order valence-corrected chi connectivity index (χ1v) is 7.98. The Morgan fingerprint density at radius 3 is 2.81 bits per heavy atom. The molecule has 110 valence electrons. The molecule has 0 amide bonds. The quantitative estimate of drug-likeness (QED) is 0.864. The minimum Gasteiger partial charge on any atom is -0.367 e. The molecule has 2 aromatic heterocycles. The van der Waals surface area contributed by atoms with Crippen molar-refractivity contribution in [1.29, 1.82) is 0 Å². The van der Waals surface area contributed by atoms with Gasteiger partial charge in [0.05, 0.1) is 5.52 Å². The van der Waals surface area contributed by atoms with Crippen molar-refractivity contribution in [2.45, 2.75) is 43.8 Å². The maximum absolute atomic E-state index is 6.14. The summed E-state index contributed by atoms with van der Waals surface area (Å²) in [5.41, 5.74) is 0.899. The van der Waals surface area contributed by atoms with Crippen molar-refractivity contribution in [2.24, 2.45) is 0 Å². The van der Waals surface area contributed by atoms with Gasteiger partial charge in [0.15, 0.2) is 0 Å². The van der Waals surface area contributed by atoms with E-state index >= 15 is 0 Å². The predicted octanol–water partition coefficient (Wildman–Crippen LogP) is 3.32. The zero-order chi connectivity index (χ0) is 14.4.